The molecular formula is C18H13N5O9S. The molecule has 3 N–H and O–H groups in total. The molecule has 0 unspecified atom stereocenters. The molecule has 33 heavy (non-hydrogen) atoms. The highest BCUT2D eigenvalue weighted by molar-refractivity contribution is 7.86. The van der Waals surface area contributed by atoms with E-state index < -0.39 is 59.3 Å². The lowest BCUT2D eigenvalue weighted by molar-refractivity contribution is -0.393. The smallest absolute Gasteiger partial charge is 0.303 e. The van der Waals surface area contributed by atoms with Crippen molar-refractivity contribution in [3.05, 3.63) is 62.7 Å². The predicted molar refractivity (Wildman–Crippen MR) is 114 cm³/mol. The second kappa shape index (κ2) is 8.56. The summed E-state index contributed by atoms with van der Waals surface area (Å²) in [5.74, 6) is -0.973. The molecule has 15 heteroatoms. The van der Waals surface area contributed by atoms with E-state index in [0.29, 0.717) is 12.1 Å². The van der Waals surface area contributed by atoms with Gasteiger partial charge >= 0.3 is 5.69 Å². The van der Waals surface area contributed by atoms with E-state index in [1.165, 1.54) is 25.1 Å². The zero-order valence-corrected chi connectivity index (χ0v) is 17.3. The van der Waals surface area contributed by atoms with E-state index in [4.69, 9.17) is 0 Å². The number of fused-ring (bicyclic) bond motifs is 1. The number of non-ortho nitro benzene ring substituents is 1. The molecule has 170 valence electrons. The Morgan fingerprint density at radius 3 is 2.27 bits per heavy atom. The molecule has 1 amide bonds. The van der Waals surface area contributed by atoms with Gasteiger partial charge in [-0.25, -0.2) is 0 Å². The van der Waals surface area contributed by atoms with Gasteiger partial charge in [0.15, 0.2) is 5.69 Å². The Balaban J connectivity index is 2.26. The zero-order chi connectivity index (χ0) is 24.5. The number of phenols is 1. The van der Waals surface area contributed by atoms with Gasteiger partial charge < -0.3 is 10.4 Å². The first kappa shape index (κ1) is 23.2. The third-order valence-electron chi connectivity index (χ3n) is 4.27. The number of aromatic hydroxyl groups is 1. The molecular weight excluding hydrogens is 462 g/mol. The van der Waals surface area contributed by atoms with Crippen molar-refractivity contribution in [2.75, 3.05) is 5.32 Å². The Hall–Kier alpha value is -4.50. The third kappa shape index (κ3) is 4.89. The van der Waals surface area contributed by atoms with Gasteiger partial charge in [-0.2, -0.15) is 8.42 Å². The van der Waals surface area contributed by atoms with Gasteiger partial charge in [0.05, 0.1) is 15.9 Å². The number of nitrogens with one attached hydrogen (secondary N) is 1. The van der Waals surface area contributed by atoms with Crippen LogP contribution in [0.5, 0.6) is 5.75 Å². The summed E-state index contributed by atoms with van der Waals surface area (Å²) in [6.45, 7) is 1.25. The number of azo groups is 1. The summed E-state index contributed by atoms with van der Waals surface area (Å²) >= 11 is 0. The number of nitrogens with zero attached hydrogens (tertiary/aromatic N) is 4. The Morgan fingerprint density at radius 2 is 1.70 bits per heavy atom. The minimum Gasteiger partial charge on any atom is -0.507 e. The van der Waals surface area contributed by atoms with E-state index in [1.807, 2.05) is 0 Å². The first-order chi connectivity index (χ1) is 15.4. The van der Waals surface area contributed by atoms with Crippen LogP contribution in [0, 0.1) is 20.2 Å². The van der Waals surface area contributed by atoms with Crippen LogP contribution in [-0.4, -0.2) is 33.8 Å². The van der Waals surface area contributed by atoms with E-state index in [-0.39, 0.29) is 16.5 Å². The number of carbonyl (C=O) groups excluding carboxylic acids is 1. The highest BCUT2D eigenvalue weighted by atomic mass is 32.2. The SMILES string of the molecule is CC(=O)Nc1ccc2c(N=Nc3ccc([N+](=O)[O-])cc3[N+](=O)[O-])c(S(=O)(=O)O)cc(O)c2c1. The number of hydrogen-bond acceptors (Lipinski definition) is 10. The van der Waals surface area contributed by atoms with Crippen LogP contribution < -0.4 is 5.32 Å². The molecule has 0 aliphatic heterocycles. The molecule has 3 aromatic rings. The zero-order valence-electron chi connectivity index (χ0n) is 16.5. The largest absolute Gasteiger partial charge is 0.507 e. The summed E-state index contributed by atoms with van der Waals surface area (Å²) in [6.07, 6.45) is 0. The van der Waals surface area contributed by atoms with Crippen molar-refractivity contribution in [3.63, 3.8) is 0 Å². The number of hydrogen-bond donors (Lipinski definition) is 3. The number of phenolic OH excluding ortho intramolecular Hbond substituents is 1. The van der Waals surface area contributed by atoms with E-state index in [2.05, 4.69) is 15.5 Å². The van der Waals surface area contributed by atoms with Crippen LogP contribution in [0.1, 0.15) is 6.92 Å². The summed E-state index contributed by atoms with van der Waals surface area (Å²) < 4.78 is 33.3. The molecule has 0 saturated carbocycles. The number of benzene rings is 3. The van der Waals surface area contributed by atoms with Gasteiger partial charge in [0.1, 0.15) is 16.3 Å². The molecule has 0 fully saturated rings. The monoisotopic (exact) mass is 475 g/mol. The number of anilines is 1. The van der Waals surface area contributed by atoms with E-state index in [1.54, 1.807) is 0 Å². The number of nitro groups is 2. The molecule has 0 bridgehead atoms. The average Bonchev–Trinajstić information content (AvgIpc) is 2.71. The highest BCUT2D eigenvalue weighted by Crippen LogP contribution is 2.41. The fourth-order valence-corrected chi connectivity index (χ4v) is 3.56. The average molecular weight is 475 g/mol. The van der Waals surface area contributed by atoms with Crippen LogP contribution in [-0.2, 0) is 14.9 Å². The lowest BCUT2D eigenvalue weighted by Crippen LogP contribution is -2.05. The van der Waals surface area contributed by atoms with E-state index in [0.717, 1.165) is 12.1 Å². The third-order valence-corrected chi connectivity index (χ3v) is 5.14. The highest BCUT2D eigenvalue weighted by Gasteiger charge is 2.23. The molecule has 0 aliphatic rings. The molecule has 0 aromatic heterocycles. The van der Waals surface area contributed by atoms with Crippen LogP contribution in [0.3, 0.4) is 0 Å². The Bertz CT molecular complexity index is 1470. The molecule has 3 rings (SSSR count). The lowest BCUT2D eigenvalue weighted by atomic mass is 10.1. The van der Waals surface area contributed by atoms with Gasteiger partial charge in [-0.3, -0.25) is 29.6 Å². The predicted octanol–water partition coefficient (Wildman–Crippen LogP) is 3.98. The van der Waals surface area contributed by atoms with Gasteiger partial charge in [-0.05, 0) is 24.3 Å². The Morgan fingerprint density at radius 1 is 1.00 bits per heavy atom. The van der Waals surface area contributed by atoms with Gasteiger partial charge in [-0.15, -0.1) is 10.2 Å². The fraction of sp³-hybridized carbons (Fsp3) is 0.0556. The van der Waals surface area contributed by atoms with Crippen molar-refractivity contribution in [3.8, 4) is 5.75 Å². The van der Waals surface area contributed by atoms with Crippen molar-refractivity contribution in [1.29, 1.82) is 0 Å². The Labute approximate surface area is 184 Å². The molecule has 0 heterocycles. The minimum atomic E-state index is -4.93. The maximum atomic E-state index is 11.9. The summed E-state index contributed by atoms with van der Waals surface area (Å²) in [7, 11) is -4.93. The lowest BCUT2D eigenvalue weighted by Gasteiger charge is -2.10. The normalized spacial score (nSPS) is 11.6. The van der Waals surface area contributed by atoms with E-state index >= 15 is 0 Å². The summed E-state index contributed by atoms with van der Waals surface area (Å²) in [5.41, 5.74) is -1.97. The molecule has 0 aliphatic carbocycles. The number of rotatable bonds is 6. The van der Waals surface area contributed by atoms with Gasteiger partial charge in [-0.1, -0.05) is 0 Å². The first-order valence-electron chi connectivity index (χ1n) is 8.78. The second-order valence-corrected chi connectivity index (χ2v) is 7.94. The van der Waals surface area contributed by atoms with Crippen molar-refractivity contribution in [2.45, 2.75) is 11.8 Å². The second-order valence-electron chi connectivity index (χ2n) is 6.55. The topological polar surface area (TPSA) is 215 Å². The van der Waals surface area contributed by atoms with Gasteiger partial charge in [0, 0.05) is 35.5 Å². The van der Waals surface area contributed by atoms with Gasteiger partial charge in [0.25, 0.3) is 15.8 Å². The van der Waals surface area contributed by atoms with Gasteiger partial charge in [0.2, 0.25) is 5.91 Å². The summed E-state index contributed by atoms with van der Waals surface area (Å²) in [4.78, 5) is 30.8. The molecule has 0 atom stereocenters. The van der Waals surface area contributed by atoms with Crippen molar-refractivity contribution in [2.24, 2.45) is 10.2 Å². The molecule has 14 nitrogen and oxygen atoms in total. The quantitative estimate of drug-likeness (QED) is 0.203. The standard InChI is InChI=1S/C18H13N5O9S/c1-9(24)19-10-2-4-12-13(6-10)16(25)8-17(33(30,31)32)18(12)21-20-14-5-3-11(22(26)27)7-15(14)23(28)29/h2-8,25H,1H3,(H,19,24)(H,30,31,32). The van der Waals surface area contributed by atoms with Crippen LogP contribution in [0.4, 0.5) is 28.4 Å². The molecule has 3 aromatic carbocycles. The maximum Gasteiger partial charge on any atom is 0.303 e. The summed E-state index contributed by atoms with van der Waals surface area (Å²) in [5, 5.41) is 42.3. The number of amides is 1. The van der Waals surface area contributed by atoms with Crippen molar-refractivity contribution in [1.82, 2.24) is 0 Å². The van der Waals surface area contributed by atoms with Crippen molar-refractivity contribution < 1.29 is 32.7 Å². The van der Waals surface area contributed by atoms with Crippen molar-refractivity contribution >= 4 is 55.2 Å². The van der Waals surface area contributed by atoms with Crippen LogP contribution in [0.15, 0.2) is 57.6 Å². The molecule has 0 spiro atoms. The number of nitro benzene ring substituents is 2. The maximum absolute atomic E-state index is 11.9. The van der Waals surface area contributed by atoms with Crippen LogP contribution >= 0.6 is 0 Å². The first-order valence-corrected chi connectivity index (χ1v) is 10.2. The fourth-order valence-electron chi connectivity index (χ4n) is 2.91. The number of carbonyl (C=O) groups is 1. The van der Waals surface area contributed by atoms with Crippen LogP contribution in [0.25, 0.3) is 10.8 Å². The molecule has 0 saturated heterocycles. The van der Waals surface area contributed by atoms with E-state index in [9.17, 15) is 43.1 Å². The minimum absolute atomic E-state index is 0.0231. The Kier molecular flexibility index (Phi) is 6.01. The summed E-state index contributed by atoms with van der Waals surface area (Å²) in [6, 6.07) is 7.22. The van der Waals surface area contributed by atoms with Crippen LogP contribution in [0.2, 0.25) is 0 Å². The molecule has 0 radical (unpaired) electrons.